The fourth-order valence-corrected chi connectivity index (χ4v) is 1.22. The van der Waals surface area contributed by atoms with Crippen molar-refractivity contribution in [2.75, 3.05) is 32.8 Å². The summed E-state index contributed by atoms with van der Waals surface area (Å²) in [4.78, 5) is 55.3. The van der Waals surface area contributed by atoms with Crippen molar-refractivity contribution in [3.63, 3.8) is 0 Å². The van der Waals surface area contributed by atoms with Gasteiger partial charge in [-0.25, -0.2) is 0 Å². The molecular formula is C11H19N5O7. The zero-order valence-electron chi connectivity index (χ0n) is 12.1. The van der Waals surface area contributed by atoms with Crippen LogP contribution in [0.3, 0.4) is 0 Å². The van der Waals surface area contributed by atoms with Gasteiger partial charge >= 0.3 is 5.97 Å². The lowest BCUT2D eigenvalue weighted by atomic mass is 10.3. The Balaban J connectivity index is 4.07. The van der Waals surface area contributed by atoms with Crippen LogP contribution in [0, 0.1) is 0 Å². The molecule has 0 saturated heterocycles. The first-order valence-corrected chi connectivity index (χ1v) is 6.43. The predicted molar refractivity (Wildman–Crippen MR) is 74.7 cm³/mol. The minimum absolute atomic E-state index is 0.365. The molecule has 0 unspecified atom stereocenters. The van der Waals surface area contributed by atoms with Crippen LogP contribution in [0.2, 0.25) is 0 Å². The quantitative estimate of drug-likeness (QED) is 0.206. The fraction of sp³-hybridized carbons (Fsp3) is 0.545. The number of aliphatic hydroxyl groups excluding tert-OH is 1. The Labute approximate surface area is 130 Å². The standard InChI is InChI=1S/C11H19N5O7/c12-1-7(18)16-6(5-17)11(23)15-3-9(20)13-2-8(19)14-4-10(21)22/h6,17H,1-5,12H2,(H,13,20)(H,14,19)(H,15,23)(H,16,18)(H,21,22)/t6-/m0/s1. The van der Waals surface area contributed by atoms with Crippen molar-refractivity contribution in [2.45, 2.75) is 6.04 Å². The summed E-state index contributed by atoms with van der Waals surface area (Å²) < 4.78 is 0. The predicted octanol–water partition coefficient (Wildman–Crippen LogP) is -5.14. The highest BCUT2D eigenvalue weighted by molar-refractivity contribution is 5.92. The molecule has 12 heteroatoms. The van der Waals surface area contributed by atoms with Crippen LogP contribution in [-0.4, -0.2) is 78.6 Å². The van der Waals surface area contributed by atoms with Crippen LogP contribution in [-0.2, 0) is 24.0 Å². The summed E-state index contributed by atoms with van der Waals surface area (Å²) in [5, 5.41) is 25.8. The average molecular weight is 333 g/mol. The average Bonchev–Trinajstić information content (AvgIpc) is 2.53. The van der Waals surface area contributed by atoms with Crippen molar-refractivity contribution in [3.05, 3.63) is 0 Å². The van der Waals surface area contributed by atoms with E-state index in [9.17, 15) is 24.0 Å². The minimum atomic E-state index is -1.25. The number of carbonyl (C=O) groups excluding carboxylic acids is 4. The van der Waals surface area contributed by atoms with Crippen LogP contribution >= 0.6 is 0 Å². The van der Waals surface area contributed by atoms with Gasteiger partial charge in [0.15, 0.2) is 0 Å². The van der Waals surface area contributed by atoms with Crippen LogP contribution < -0.4 is 27.0 Å². The Hall–Kier alpha value is -2.73. The summed E-state index contributed by atoms with van der Waals surface area (Å²) >= 11 is 0. The Bertz CT molecular complexity index is 468. The molecule has 0 rings (SSSR count). The molecule has 0 aliphatic carbocycles. The van der Waals surface area contributed by atoms with Gasteiger partial charge in [0.2, 0.25) is 23.6 Å². The Kier molecular flexibility index (Phi) is 9.62. The van der Waals surface area contributed by atoms with Gasteiger partial charge in [0.1, 0.15) is 12.6 Å². The number of hydrogen-bond donors (Lipinski definition) is 7. The zero-order valence-corrected chi connectivity index (χ0v) is 12.1. The van der Waals surface area contributed by atoms with Crippen molar-refractivity contribution < 1.29 is 34.2 Å². The second kappa shape index (κ2) is 10.9. The van der Waals surface area contributed by atoms with Crippen LogP contribution in [0.25, 0.3) is 0 Å². The van der Waals surface area contributed by atoms with E-state index in [-0.39, 0.29) is 6.54 Å². The van der Waals surface area contributed by atoms with E-state index < -0.39 is 61.9 Å². The van der Waals surface area contributed by atoms with Crippen molar-refractivity contribution >= 4 is 29.6 Å². The van der Waals surface area contributed by atoms with Crippen LogP contribution in [0.1, 0.15) is 0 Å². The Morgan fingerprint density at radius 1 is 0.870 bits per heavy atom. The van der Waals surface area contributed by atoms with E-state index in [0.29, 0.717) is 0 Å². The third-order valence-electron chi connectivity index (χ3n) is 2.33. The minimum Gasteiger partial charge on any atom is -0.480 e. The fourth-order valence-electron chi connectivity index (χ4n) is 1.22. The molecule has 8 N–H and O–H groups in total. The number of carbonyl (C=O) groups is 5. The molecule has 0 saturated carbocycles. The smallest absolute Gasteiger partial charge is 0.322 e. The van der Waals surface area contributed by atoms with E-state index in [1.165, 1.54) is 0 Å². The molecule has 0 aromatic heterocycles. The lowest BCUT2D eigenvalue weighted by Crippen LogP contribution is -2.52. The molecule has 0 aromatic carbocycles. The SMILES string of the molecule is NCC(=O)N[C@@H](CO)C(=O)NCC(=O)NCC(=O)NCC(=O)O. The molecule has 4 amide bonds. The van der Waals surface area contributed by atoms with Crippen molar-refractivity contribution in [3.8, 4) is 0 Å². The van der Waals surface area contributed by atoms with Gasteiger partial charge in [-0.15, -0.1) is 0 Å². The molecule has 0 bridgehead atoms. The molecule has 130 valence electrons. The maximum Gasteiger partial charge on any atom is 0.322 e. The molecule has 0 aliphatic heterocycles. The molecule has 0 heterocycles. The number of aliphatic carboxylic acids is 1. The maximum atomic E-state index is 11.6. The van der Waals surface area contributed by atoms with Crippen LogP contribution in [0.15, 0.2) is 0 Å². The monoisotopic (exact) mass is 333 g/mol. The van der Waals surface area contributed by atoms with Gasteiger partial charge in [-0.05, 0) is 0 Å². The number of nitrogens with two attached hydrogens (primary N) is 1. The lowest BCUT2D eigenvalue weighted by molar-refractivity contribution is -0.137. The van der Waals surface area contributed by atoms with E-state index >= 15 is 0 Å². The number of carboxylic acid groups (broad SMARTS) is 1. The number of amides is 4. The number of hydrogen-bond acceptors (Lipinski definition) is 7. The molecular weight excluding hydrogens is 314 g/mol. The van der Waals surface area contributed by atoms with E-state index in [1.54, 1.807) is 0 Å². The number of carboxylic acids is 1. The normalized spacial score (nSPS) is 11.0. The highest BCUT2D eigenvalue weighted by atomic mass is 16.4. The number of rotatable bonds is 10. The van der Waals surface area contributed by atoms with Crippen LogP contribution in [0.4, 0.5) is 0 Å². The van der Waals surface area contributed by atoms with E-state index in [0.717, 1.165) is 0 Å². The summed E-state index contributed by atoms with van der Waals surface area (Å²) in [6, 6.07) is -1.25. The maximum absolute atomic E-state index is 11.6. The summed E-state index contributed by atoms with van der Waals surface area (Å²) in [5.41, 5.74) is 5.04. The Morgan fingerprint density at radius 3 is 1.87 bits per heavy atom. The third kappa shape index (κ3) is 9.76. The summed E-state index contributed by atoms with van der Waals surface area (Å²) in [5.74, 6) is -4.12. The lowest BCUT2D eigenvalue weighted by Gasteiger charge is -2.15. The van der Waals surface area contributed by atoms with Crippen molar-refractivity contribution in [2.24, 2.45) is 5.73 Å². The van der Waals surface area contributed by atoms with Gasteiger partial charge in [0, 0.05) is 0 Å². The van der Waals surface area contributed by atoms with Gasteiger partial charge in [0.05, 0.1) is 26.2 Å². The molecule has 12 nitrogen and oxygen atoms in total. The first kappa shape index (κ1) is 20.3. The van der Waals surface area contributed by atoms with Gasteiger partial charge in [-0.2, -0.15) is 0 Å². The molecule has 0 fully saturated rings. The summed E-state index contributed by atoms with van der Waals surface area (Å²) in [6.45, 7) is -2.59. The second-order valence-corrected chi connectivity index (χ2v) is 4.17. The molecule has 0 radical (unpaired) electrons. The van der Waals surface area contributed by atoms with Crippen LogP contribution in [0.5, 0.6) is 0 Å². The second-order valence-electron chi connectivity index (χ2n) is 4.17. The highest BCUT2D eigenvalue weighted by Gasteiger charge is 2.19. The van der Waals surface area contributed by atoms with Gasteiger partial charge in [-0.1, -0.05) is 0 Å². The zero-order chi connectivity index (χ0) is 17.8. The van der Waals surface area contributed by atoms with Gasteiger partial charge in [-0.3, -0.25) is 24.0 Å². The largest absolute Gasteiger partial charge is 0.480 e. The van der Waals surface area contributed by atoms with Crippen molar-refractivity contribution in [1.29, 1.82) is 0 Å². The number of aliphatic hydroxyl groups is 1. The molecule has 0 aliphatic rings. The topological polar surface area (TPSA) is 200 Å². The molecule has 0 spiro atoms. The number of nitrogens with one attached hydrogen (secondary N) is 4. The molecule has 23 heavy (non-hydrogen) atoms. The molecule has 0 aromatic rings. The highest BCUT2D eigenvalue weighted by Crippen LogP contribution is 1.83. The van der Waals surface area contributed by atoms with Gasteiger partial charge in [0.25, 0.3) is 0 Å². The van der Waals surface area contributed by atoms with Gasteiger partial charge < -0.3 is 37.2 Å². The van der Waals surface area contributed by atoms with E-state index in [2.05, 4.69) is 16.0 Å². The Morgan fingerprint density at radius 2 is 1.39 bits per heavy atom. The van der Waals surface area contributed by atoms with Crippen molar-refractivity contribution in [1.82, 2.24) is 21.3 Å². The van der Waals surface area contributed by atoms with E-state index in [4.69, 9.17) is 15.9 Å². The first-order valence-electron chi connectivity index (χ1n) is 6.43. The first-order chi connectivity index (χ1) is 10.8. The summed E-state index contributed by atoms with van der Waals surface area (Å²) in [7, 11) is 0. The molecule has 1 atom stereocenters. The van der Waals surface area contributed by atoms with E-state index in [1.807, 2.05) is 5.32 Å². The summed E-state index contributed by atoms with van der Waals surface area (Å²) in [6.07, 6.45) is 0. The third-order valence-corrected chi connectivity index (χ3v) is 2.33.